The lowest BCUT2D eigenvalue weighted by atomic mass is 10.1. The van der Waals surface area contributed by atoms with Gasteiger partial charge in [-0.05, 0) is 51.3 Å². The number of ether oxygens (including phenoxy) is 1. The number of carbonyl (C=O) groups is 2. The van der Waals surface area contributed by atoms with Gasteiger partial charge in [0.25, 0.3) is 0 Å². The molecule has 0 bridgehead atoms. The molecule has 1 aromatic carbocycles. The minimum atomic E-state index is -0.611. The second kappa shape index (κ2) is 11.4. The van der Waals surface area contributed by atoms with E-state index in [1.807, 2.05) is 53.6 Å². The van der Waals surface area contributed by atoms with Crippen LogP contribution in [0.25, 0.3) is 11.3 Å². The zero-order valence-corrected chi connectivity index (χ0v) is 20.6. The summed E-state index contributed by atoms with van der Waals surface area (Å²) in [5, 5.41) is 11.5. The zero-order chi connectivity index (χ0) is 23.8. The SMILES string of the molecule is CSCCC(NC(=O)OC(C)(C)C)C(=O)N1CCN(c2ccc(-c3ccccc3)nn2)CC1. The highest BCUT2D eigenvalue weighted by Gasteiger charge is 2.30. The summed E-state index contributed by atoms with van der Waals surface area (Å²) in [7, 11) is 0. The smallest absolute Gasteiger partial charge is 0.408 e. The Morgan fingerprint density at radius 2 is 1.76 bits per heavy atom. The third-order valence-corrected chi connectivity index (χ3v) is 5.88. The van der Waals surface area contributed by atoms with E-state index in [4.69, 9.17) is 4.74 Å². The van der Waals surface area contributed by atoms with Gasteiger partial charge in [0.15, 0.2) is 5.82 Å². The molecule has 1 N–H and O–H groups in total. The molecule has 3 rings (SSSR count). The maximum absolute atomic E-state index is 13.1. The molecule has 2 amide bonds. The number of piperazine rings is 1. The monoisotopic (exact) mass is 471 g/mol. The van der Waals surface area contributed by atoms with Crippen molar-refractivity contribution in [3.8, 4) is 11.3 Å². The number of anilines is 1. The number of alkyl carbamates (subject to hydrolysis) is 1. The molecule has 8 nitrogen and oxygen atoms in total. The maximum Gasteiger partial charge on any atom is 0.408 e. The molecule has 1 atom stereocenters. The van der Waals surface area contributed by atoms with Crippen molar-refractivity contribution in [1.82, 2.24) is 20.4 Å². The van der Waals surface area contributed by atoms with Crippen molar-refractivity contribution in [3.05, 3.63) is 42.5 Å². The van der Waals surface area contributed by atoms with Gasteiger partial charge in [0.05, 0.1) is 5.69 Å². The number of nitrogens with zero attached hydrogens (tertiary/aromatic N) is 4. The predicted molar refractivity (Wildman–Crippen MR) is 132 cm³/mol. The topological polar surface area (TPSA) is 87.7 Å². The summed E-state index contributed by atoms with van der Waals surface area (Å²) in [6.45, 7) is 7.86. The number of amides is 2. The Morgan fingerprint density at radius 1 is 1.06 bits per heavy atom. The molecule has 0 spiro atoms. The summed E-state index contributed by atoms with van der Waals surface area (Å²) in [6, 6.07) is 13.3. The highest BCUT2D eigenvalue weighted by atomic mass is 32.2. The summed E-state index contributed by atoms with van der Waals surface area (Å²) in [5.74, 6) is 1.50. The molecule has 1 fully saturated rings. The summed E-state index contributed by atoms with van der Waals surface area (Å²) >= 11 is 1.65. The van der Waals surface area contributed by atoms with Crippen molar-refractivity contribution in [1.29, 1.82) is 0 Å². The Labute approximate surface area is 200 Å². The van der Waals surface area contributed by atoms with Gasteiger partial charge in [-0.3, -0.25) is 4.79 Å². The zero-order valence-electron chi connectivity index (χ0n) is 19.8. The van der Waals surface area contributed by atoms with Gasteiger partial charge in [-0.1, -0.05) is 30.3 Å². The van der Waals surface area contributed by atoms with Crippen LogP contribution < -0.4 is 10.2 Å². The minimum absolute atomic E-state index is 0.0694. The molecule has 2 heterocycles. The van der Waals surface area contributed by atoms with Crippen molar-refractivity contribution in [2.24, 2.45) is 0 Å². The average molecular weight is 472 g/mol. The molecule has 33 heavy (non-hydrogen) atoms. The molecule has 178 valence electrons. The molecule has 2 aromatic rings. The van der Waals surface area contributed by atoms with Crippen LogP contribution in [0, 0.1) is 0 Å². The van der Waals surface area contributed by atoms with E-state index >= 15 is 0 Å². The molecule has 9 heteroatoms. The molecule has 1 aromatic heterocycles. The summed E-state index contributed by atoms with van der Waals surface area (Å²) in [4.78, 5) is 29.3. The molecule has 1 saturated heterocycles. The molecule has 0 saturated carbocycles. The lowest BCUT2D eigenvalue weighted by molar-refractivity contribution is -0.133. The van der Waals surface area contributed by atoms with Crippen LogP contribution in [0.2, 0.25) is 0 Å². The number of thioether (sulfide) groups is 1. The molecular weight excluding hydrogens is 438 g/mol. The van der Waals surface area contributed by atoms with Crippen LogP contribution in [-0.2, 0) is 9.53 Å². The molecule has 1 unspecified atom stereocenters. The highest BCUT2D eigenvalue weighted by Crippen LogP contribution is 2.19. The van der Waals surface area contributed by atoms with Crippen LogP contribution >= 0.6 is 11.8 Å². The minimum Gasteiger partial charge on any atom is -0.444 e. The van der Waals surface area contributed by atoms with E-state index in [-0.39, 0.29) is 5.91 Å². The fourth-order valence-electron chi connectivity index (χ4n) is 3.58. The van der Waals surface area contributed by atoms with Crippen molar-refractivity contribution in [3.63, 3.8) is 0 Å². The number of hydrogen-bond acceptors (Lipinski definition) is 7. The average Bonchev–Trinajstić information content (AvgIpc) is 2.81. The van der Waals surface area contributed by atoms with Crippen LogP contribution in [0.4, 0.5) is 10.6 Å². The first kappa shape index (κ1) is 24.8. The van der Waals surface area contributed by atoms with E-state index in [1.165, 1.54) is 0 Å². The predicted octanol–water partition coefficient (Wildman–Crippen LogP) is 3.44. The standard InChI is InChI=1S/C24H33N5O3S/c1-24(2,3)32-23(31)25-20(12-17-33-4)22(30)29-15-13-28(14-16-29)21-11-10-19(26-27-21)18-8-6-5-7-9-18/h5-11,20H,12-17H2,1-4H3,(H,25,31). The molecule has 0 radical (unpaired) electrons. The maximum atomic E-state index is 13.1. The van der Waals surface area contributed by atoms with Crippen LogP contribution in [0.3, 0.4) is 0 Å². The van der Waals surface area contributed by atoms with Gasteiger partial charge in [0, 0.05) is 31.7 Å². The van der Waals surface area contributed by atoms with E-state index in [1.54, 1.807) is 32.5 Å². The lowest BCUT2D eigenvalue weighted by Gasteiger charge is -2.37. The Morgan fingerprint density at radius 3 is 2.33 bits per heavy atom. The molecular formula is C24H33N5O3S. The van der Waals surface area contributed by atoms with Crippen molar-refractivity contribution in [2.75, 3.05) is 43.1 Å². The fraction of sp³-hybridized carbons (Fsp3) is 0.500. The number of nitrogens with one attached hydrogen (secondary N) is 1. The van der Waals surface area contributed by atoms with E-state index in [0.29, 0.717) is 32.6 Å². The largest absolute Gasteiger partial charge is 0.444 e. The van der Waals surface area contributed by atoms with Gasteiger partial charge in [-0.25, -0.2) is 4.79 Å². The van der Waals surface area contributed by atoms with E-state index < -0.39 is 17.7 Å². The Balaban J connectivity index is 1.57. The van der Waals surface area contributed by atoms with Gasteiger partial charge < -0.3 is 19.9 Å². The second-order valence-electron chi connectivity index (χ2n) is 8.94. The van der Waals surface area contributed by atoms with Gasteiger partial charge >= 0.3 is 6.09 Å². The first-order valence-electron chi connectivity index (χ1n) is 11.2. The first-order chi connectivity index (χ1) is 15.8. The normalized spacial score (nSPS) is 15.2. The lowest BCUT2D eigenvalue weighted by Crippen LogP contribution is -2.55. The van der Waals surface area contributed by atoms with Gasteiger partial charge in [-0.15, -0.1) is 10.2 Å². The number of aromatic nitrogens is 2. The van der Waals surface area contributed by atoms with E-state index in [0.717, 1.165) is 22.8 Å². The molecule has 0 aliphatic carbocycles. The summed E-state index contributed by atoms with van der Waals surface area (Å²) in [5.41, 5.74) is 1.25. The second-order valence-corrected chi connectivity index (χ2v) is 9.92. The van der Waals surface area contributed by atoms with E-state index in [9.17, 15) is 9.59 Å². The number of rotatable bonds is 7. The third-order valence-electron chi connectivity index (χ3n) is 5.24. The van der Waals surface area contributed by atoms with Crippen LogP contribution in [-0.4, -0.2) is 76.9 Å². The van der Waals surface area contributed by atoms with Gasteiger partial charge in [0.1, 0.15) is 11.6 Å². The molecule has 1 aliphatic heterocycles. The van der Waals surface area contributed by atoms with Crippen LogP contribution in [0.15, 0.2) is 42.5 Å². The number of carbonyl (C=O) groups excluding carboxylic acids is 2. The number of hydrogen-bond donors (Lipinski definition) is 1. The van der Waals surface area contributed by atoms with Gasteiger partial charge in [-0.2, -0.15) is 11.8 Å². The van der Waals surface area contributed by atoms with Gasteiger partial charge in [0.2, 0.25) is 5.91 Å². The molecule has 1 aliphatic rings. The van der Waals surface area contributed by atoms with Crippen LogP contribution in [0.1, 0.15) is 27.2 Å². The number of benzene rings is 1. The van der Waals surface area contributed by atoms with Crippen molar-refractivity contribution >= 4 is 29.6 Å². The third kappa shape index (κ3) is 7.35. The van der Waals surface area contributed by atoms with Crippen molar-refractivity contribution < 1.29 is 14.3 Å². The Bertz CT molecular complexity index is 910. The highest BCUT2D eigenvalue weighted by molar-refractivity contribution is 7.98. The quantitative estimate of drug-likeness (QED) is 0.662. The van der Waals surface area contributed by atoms with Crippen molar-refractivity contribution in [2.45, 2.75) is 38.8 Å². The first-order valence-corrected chi connectivity index (χ1v) is 12.6. The fourth-order valence-corrected chi connectivity index (χ4v) is 4.05. The van der Waals surface area contributed by atoms with Crippen LogP contribution in [0.5, 0.6) is 0 Å². The Hall–Kier alpha value is -2.81. The van der Waals surface area contributed by atoms with E-state index in [2.05, 4.69) is 20.4 Å². The summed E-state index contributed by atoms with van der Waals surface area (Å²) in [6.07, 6.45) is 1.98. The Kier molecular flexibility index (Phi) is 8.55. The summed E-state index contributed by atoms with van der Waals surface area (Å²) < 4.78 is 5.35.